The largest absolute Gasteiger partial charge is 0.416 e. The predicted octanol–water partition coefficient (Wildman–Crippen LogP) is 2.81. The number of hydrogen-bond acceptors (Lipinski definition) is 4. The number of benzene rings is 1. The maximum absolute atomic E-state index is 12.8. The van der Waals surface area contributed by atoms with E-state index in [1.807, 2.05) is 0 Å². The lowest BCUT2D eigenvalue weighted by molar-refractivity contribution is -0.137. The highest BCUT2D eigenvalue weighted by atomic mass is 32.2. The molecule has 0 fully saturated rings. The van der Waals surface area contributed by atoms with Crippen molar-refractivity contribution in [2.45, 2.75) is 11.1 Å². The zero-order chi connectivity index (χ0) is 16.2. The highest BCUT2D eigenvalue weighted by Gasteiger charge is 2.33. The summed E-state index contributed by atoms with van der Waals surface area (Å²) < 4.78 is 48.4. The SMILES string of the molecule is COCCOCC(=O)N1CCSc2ccc(C(F)(F)F)cc21. The molecule has 1 heterocycles. The van der Waals surface area contributed by atoms with E-state index in [1.165, 1.54) is 29.8 Å². The Balaban J connectivity index is 2.14. The summed E-state index contributed by atoms with van der Waals surface area (Å²) in [5, 5.41) is 0. The summed E-state index contributed by atoms with van der Waals surface area (Å²) in [5.41, 5.74) is -0.460. The number of carbonyl (C=O) groups excluding carboxylic acids is 1. The topological polar surface area (TPSA) is 38.8 Å². The number of rotatable bonds is 5. The van der Waals surface area contributed by atoms with Crippen molar-refractivity contribution < 1.29 is 27.4 Å². The molecule has 0 radical (unpaired) electrons. The fraction of sp³-hybridized carbons (Fsp3) is 0.500. The molecular weight excluding hydrogens is 319 g/mol. The van der Waals surface area contributed by atoms with E-state index >= 15 is 0 Å². The summed E-state index contributed by atoms with van der Waals surface area (Å²) in [4.78, 5) is 14.2. The molecule has 4 nitrogen and oxygen atoms in total. The van der Waals surface area contributed by atoms with Gasteiger partial charge in [0.05, 0.1) is 24.5 Å². The van der Waals surface area contributed by atoms with Gasteiger partial charge in [-0.1, -0.05) is 0 Å². The second-order valence-electron chi connectivity index (χ2n) is 4.62. The first-order valence-electron chi connectivity index (χ1n) is 6.64. The van der Waals surface area contributed by atoms with Gasteiger partial charge in [0.15, 0.2) is 0 Å². The van der Waals surface area contributed by atoms with Crippen molar-refractivity contribution in [2.24, 2.45) is 0 Å². The summed E-state index contributed by atoms with van der Waals surface area (Å²) in [6.45, 7) is 0.813. The third-order valence-electron chi connectivity index (χ3n) is 3.11. The lowest BCUT2D eigenvalue weighted by Gasteiger charge is -2.29. The Morgan fingerprint density at radius 1 is 1.36 bits per heavy atom. The first kappa shape index (κ1) is 17.1. The molecule has 1 aromatic carbocycles. The monoisotopic (exact) mass is 335 g/mol. The Morgan fingerprint density at radius 2 is 2.14 bits per heavy atom. The number of amides is 1. The van der Waals surface area contributed by atoms with E-state index in [0.717, 1.165) is 12.1 Å². The van der Waals surface area contributed by atoms with Crippen LogP contribution < -0.4 is 4.90 Å². The number of halogens is 3. The van der Waals surface area contributed by atoms with Gasteiger partial charge in [-0.3, -0.25) is 4.79 Å². The third-order valence-corrected chi connectivity index (χ3v) is 4.15. The number of ether oxygens (including phenoxy) is 2. The number of fused-ring (bicyclic) bond motifs is 1. The Hall–Kier alpha value is -1.25. The molecular formula is C14H16F3NO3S. The lowest BCUT2D eigenvalue weighted by Crippen LogP contribution is -2.38. The van der Waals surface area contributed by atoms with Crippen molar-refractivity contribution in [2.75, 3.05) is 44.1 Å². The van der Waals surface area contributed by atoms with Gasteiger partial charge < -0.3 is 14.4 Å². The number of methoxy groups -OCH3 is 1. The van der Waals surface area contributed by atoms with E-state index in [0.29, 0.717) is 29.5 Å². The number of nitrogens with zero attached hydrogens (tertiary/aromatic N) is 1. The van der Waals surface area contributed by atoms with Crippen LogP contribution in [0, 0.1) is 0 Å². The Bertz CT molecular complexity index is 537. The smallest absolute Gasteiger partial charge is 0.382 e. The molecule has 0 spiro atoms. The molecule has 0 saturated carbocycles. The second kappa shape index (κ2) is 7.34. The fourth-order valence-corrected chi connectivity index (χ4v) is 3.01. The van der Waals surface area contributed by atoms with Crippen LogP contribution in [0.15, 0.2) is 23.1 Å². The van der Waals surface area contributed by atoms with Crippen molar-refractivity contribution in [3.05, 3.63) is 23.8 Å². The van der Waals surface area contributed by atoms with Crippen molar-refractivity contribution in [1.82, 2.24) is 0 Å². The van der Waals surface area contributed by atoms with Crippen LogP contribution in [-0.4, -0.2) is 45.1 Å². The van der Waals surface area contributed by atoms with E-state index in [9.17, 15) is 18.0 Å². The standard InChI is InChI=1S/C14H16F3NO3S/c1-20-5-6-21-9-13(19)18-4-7-22-12-3-2-10(8-11(12)18)14(15,16)17/h2-3,8H,4-7,9H2,1H3. The Kier molecular flexibility index (Phi) is 5.71. The van der Waals surface area contributed by atoms with Gasteiger partial charge in [-0.05, 0) is 18.2 Å². The molecule has 122 valence electrons. The van der Waals surface area contributed by atoms with Crippen LogP contribution >= 0.6 is 11.8 Å². The molecule has 0 N–H and O–H groups in total. The number of carbonyl (C=O) groups is 1. The molecule has 1 aliphatic heterocycles. The molecule has 8 heteroatoms. The van der Waals surface area contributed by atoms with Crippen LogP contribution in [0.4, 0.5) is 18.9 Å². The summed E-state index contributed by atoms with van der Waals surface area (Å²) in [6.07, 6.45) is -4.43. The van der Waals surface area contributed by atoms with Crippen LogP contribution in [0.25, 0.3) is 0 Å². The van der Waals surface area contributed by atoms with E-state index in [1.54, 1.807) is 0 Å². The molecule has 1 amide bonds. The number of anilines is 1. The minimum Gasteiger partial charge on any atom is -0.382 e. The Labute approximate surface area is 130 Å². The number of alkyl halides is 3. The van der Waals surface area contributed by atoms with Gasteiger partial charge in [-0.2, -0.15) is 13.2 Å². The molecule has 1 aromatic rings. The molecule has 0 unspecified atom stereocenters. The van der Waals surface area contributed by atoms with Crippen LogP contribution in [0.2, 0.25) is 0 Å². The second-order valence-corrected chi connectivity index (χ2v) is 5.76. The van der Waals surface area contributed by atoms with Gasteiger partial charge in [-0.15, -0.1) is 11.8 Å². The minimum absolute atomic E-state index is 0.177. The van der Waals surface area contributed by atoms with Gasteiger partial charge in [0.25, 0.3) is 5.91 Å². The van der Waals surface area contributed by atoms with Gasteiger partial charge in [0, 0.05) is 24.3 Å². The maximum atomic E-state index is 12.8. The summed E-state index contributed by atoms with van der Waals surface area (Å²) in [5.74, 6) is 0.291. The molecule has 1 aliphatic rings. The van der Waals surface area contributed by atoms with Crippen LogP contribution in [0.5, 0.6) is 0 Å². The fourth-order valence-electron chi connectivity index (χ4n) is 2.03. The van der Waals surface area contributed by atoms with E-state index in [-0.39, 0.29) is 19.1 Å². The maximum Gasteiger partial charge on any atom is 0.416 e. The van der Waals surface area contributed by atoms with Crippen LogP contribution in [-0.2, 0) is 20.4 Å². The van der Waals surface area contributed by atoms with Crippen molar-refractivity contribution in [3.8, 4) is 0 Å². The molecule has 0 aromatic heterocycles. The van der Waals surface area contributed by atoms with E-state index < -0.39 is 11.7 Å². The first-order chi connectivity index (χ1) is 10.4. The normalized spacial score (nSPS) is 14.8. The van der Waals surface area contributed by atoms with E-state index in [2.05, 4.69) is 0 Å². The summed E-state index contributed by atoms with van der Waals surface area (Å²) in [6, 6.07) is 3.47. The summed E-state index contributed by atoms with van der Waals surface area (Å²) in [7, 11) is 1.52. The van der Waals surface area contributed by atoms with E-state index in [4.69, 9.17) is 9.47 Å². The van der Waals surface area contributed by atoms with Crippen molar-refractivity contribution >= 4 is 23.4 Å². The van der Waals surface area contributed by atoms with Gasteiger partial charge in [0.2, 0.25) is 0 Å². The number of hydrogen-bond donors (Lipinski definition) is 0. The predicted molar refractivity (Wildman–Crippen MR) is 77.2 cm³/mol. The zero-order valence-corrected chi connectivity index (χ0v) is 12.8. The molecule has 0 aliphatic carbocycles. The molecule has 0 bridgehead atoms. The van der Waals surface area contributed by atoms with Gasteiger partial charge >= 0.3 is 6.18 Å². The average molecular weight is 335 g/mol. The minimum atomic E-state index is -4.43. The first-order valence-corrected chi connectivity index (χ1v) is 7.63. The van der Waals surface area contributed by atoms with Crippen molar-refractivity contribution in [3.63, 3.8) is 0 Å². The zero-order valence-electron chi connectivity index (χ0n) is 12.0. The molecule has 22 heavy (non-hydrogen) atoms. The molecule has 0 atom stereocenters. The quantitative estimate of drug-likeness (QED) is 0.776. The third kappa shape index (κ3) is 4.15. The summed E-state index contributed by atoms with van der Waals surface area (Å²) >= 11 is 1.44. The molecule has 0 saturated heterocycles. The van der Waals surface area contributed by atoms with Crippen molar-refractivity contribution in [1.29, 1.82) is 0 Å². The number of thioether (sulfide) groups is 1. The average Bonchev–Trinajstić information content (AvgIpc) is 2.49. The highest BCUT2D eigenvalue weighted by Crippen LogP contribution is 2.39. The van der Waals surface area contributed by atoms with Gasteiger partial charge in [0.1, 0.15) is 6.61 Å². The lowest BCUT2D eigenvalue weighted by atomic mass is 10.1. The van der Waals surface area contributed by atoms with Gasteiger partial charge in [-0.25, -0.2) is 0 Å². The van der Waals surface area contributed by atoms with Crippen LogP contribution in [0.3, 0.4) is 0 Å². The Morgan fingerprint density at radius 3 is 2.82 bits per heavy atom. The van der Waals surface area contributed by atoms with Crippen LogP contribution in [0.1, 0.15) is 5.56 Å². The highest BCUT2D eigenvalue weighted by molar-refractivity contribution is 7.99. The molecule has 2 rings (SSSR count).